The zero-order chi connectivity index (χ0) is 13.4. The largest absolute Gasteiger partial charge is 0.351 e. The van der Waals surface area contributed by atoms with E-state index in [2.05, 4.69) is 4.99 Å². The van der Waals surface area contributed by atoms with Crippen LogP contribution in [0.15, 0.2) is 23.2 Å². The lowest BCUT2D eigenvalue weighted by atomic mass is 10.2. The second kappa shape index (κ2) is 7.89. The highest BCUT2D eigenvalue weighted by atomic mass is 19.1. The summed E-state index contributed by atoms with van der Waals surface area (Å²) in [6, 6.07) is 3.23. The molecule has 0 aliphatic heterocycles. The lowest BCUT2D eigenvalue weighted by molar-refractivity contribution is -0.128. The first-order chi connectivity index (χ1) is 8.67. The maximum absolute atomic E-state index is 13.3. The fourth-order valence-electron chi connectivity index (χ4n) is 1.38. The summed E-state index contributed by atoms with van der Waals surface area (Å²) in [4.78, 5) is 4.00. The third kappa shape index (κ3) is 4.89. The van der Waals surface area contributed by atoms with Gasteiger partial charge in [0.15, 0.2) is 6.29 Å². The van der Waals surface area contributed by atoms with Crippen molar-refractivity contribution < 1.29 is 18.3 Å². The molecule has 0 heterocycles. The van der Waals surface area contributed by atoms with Crippen LogP contribution in [0.4, 0.5) is 8.78 Å². The number of hydrogen-bond acceptors (Lipinski definition) is 3. The fourth-order valence-corrected chi connectivity index (χ4v) is 1.38. The second-order valence-electron chi connectivity index (χ2n) is 3.50. The number of halogens is 2. The van der Waals surface area contributed by atoms with Gasteiger partial charge in [0, 0.05) is 25.0 Å². The van der Waals surface area contributed by atoms with Crippen molar-refractivity contribution in [1.82, 2.24) is 0 Å². The molecule has 0 aromatic heterocycles. The van der Waals surface area contributed by atoms with Gasteiger partial charge in [0.25, 0.3) is 0 Å². The SMILES string of the molecule is CCOC(CN=Cc1cc(F)ccc1F)OCC. The van der Waals surface area contributed by atoms with Gasteiger partial charge in [-0.2, -0.15) is 0 Å². The summed E-state index contributed by atoms with van der Waals surface area (Å²) in [6.07, 6.45) is 0.830. The standard InChI is InChI=1S/C13H17F2NO2/c1-3-17-13(18-4-2)9-16-8-10-7-11(14)5-6-12(10)15/h5-8,13H,3-4,9H2,1-2H3. The van der Waals surface area contributed by atoms with E-state index in [-0.39, 0.29) is 12.1 Å². The van der Waals surface area contributed by atoms with Gasteiger partial charge in [0.1, 0.15) is 11.6 Å². The van der Waals surface area contributed by atoms with Crippen LogP contribution in [0.1, 0.15) is 19.4 Å². The molecule has 0 aliphatic carbocycles. The van der Waals surface area contributed by atoms with Gasteiger partial charge in [-0.05, 0) is 32.0 Å². The first kappa shape index (κ1) is 14.7. The zero-order valence-electron chi connectivity index (χ0n) is 10.5. The Morgan fingerprint density at radius 1 is 1.22 bits per heavy atom. The Morgan fingerprint density at radius 2 is 1.89 bits per heavy atom. The maximum Gasteiger partial charge on any atom is 0.176 e. The van der Waals surface area contributed by atoms with Crippen molar-refractivity contribution in [3.63, 3.8) is 0 Å². The van der Waals surface area contributed by atoms with E-state index in [9.17, 15) is 8.78 Å². The Hall–Kier alpha value is -1.33. The first-order valence-electron chi connectivity index (χ1n) is 5.85. The molecular weight excluding hydrogens is 240 g/mol. The number of aliphatic imine (C=N–C) groups is 1. The molecule has 5 heteroatoms. The number of benzene rings is 1. The normalized spacial score (nSPS) is 11.6. The van der Waals surface area contributed by atoms with Crippen LogP contribution in [-0.2, 0) is 9.47 Å². The van der Waals surface area contributed by atoms with E-state index in [0.717, 1.165) is 18.2 Å². The number of ether oxygens (including phenoxy) is 2. The average Bonchev–Trinajstić information content (AvgIpc) is 2.34. The van der Waals surface area contributed by atoms with Gasteiger partial charge in [-0.15, -0.1) is 0 Å². The van der Waals surface area contributed by atoms with Crippen LogP contribution in [0.25, 0.3) is 0 Å². The Bertz CT molecular complexity index is 391. The van der Waals surface area contributed by atoms with Crippen LogP contribution in [0, 0.1) is 11.6 Å². The Balaban J connectivity index is 2.59. The van der Waals surface area contributed by atoms with Crippen LogP contribution in [0.3, 0.4) is 0 Å². The van der Waals surface area contributed by atoms with Crippen LogP contribution in [0.2, 0.25) is 0 Å². The van der Waals surface area contributed by atoms with Gasteiger partial charge in [-0.3, -0.25) is 4.99 Å². The van der Waals surface area contributed by atoms with Crippen molar-refractivity contribution in [3.8, 4) is 0 Å². The summed E-state index contributed by atoms with van der Waals surface area (Å²) in [5.74, 6) is -1.01. The Morgan fingerprint density at radius 3 is 2.50 bits per heavy atom. The van der Waals surface area contributed by atoms with Crippen LogP contribution < -0.4 is 0 Å². The molecule has 0 aliphatic rings. The first-order valence-corrected chi connectivity index (χ1v) is 5.85. The topological polar surface area (TPSA) is 30.8 Å². The highest BCUT2D eigenvalue weighted by Gasteiger charge is 2.06. The lowest BCUT2D eigenvalue weighted by Crippen LogP contribution is -2.20. The molecule has 0 saturated carbocycles. The molecule has 3 nitrogen and oxygen atoms in total. The van der Waals surface area contributed by atoms with Crippen LogP contribution in [-0.4, -0.2) is 32.3 Å². The molecule has 0 spiro atoms. The van der Waals surface area contributed by atoms with Gasteiger partial charge in [0.2, 0.25) is 0 Å². The molecule has 0 bridgehead atoms. The third-order valence-corrected chi connectivity index (χ3v) is 2.15. The van der Waals surface area contributed by atoms with E-state index < -0.39 is 17.9 Å². The van der Waals surface area contributed by atoms with E-state index in [1.54, 1.807) is 0 Å². The highest BCUT2D eigenvalue weighted by molar-refractivity contribution is 5.79. The molecule has 0 unspecified atom stereocenters. The van der Waals surface area contributed by atoms with Crippen molar-refractivity contribution in [3.05, 3.63) is 35.4 Å². The second-order valence-corrected chi connectivity index (χ2v) is 3.50. The van der Waals surface area contributed by atoms with E-state index in [1.165, 1.54) is 6.21 Å². The molecule has 100 valence electrons. The van der Waals surface area contributed by atoms with E-state index >= 15 is 0 Å². The summed E-state index contributed by atoms with van der Waals surface area (Å²) >= 11 is 0. The molecule has 18 heavy (non-hydrogen) atoms. The summed E-state index contributed by atoms with van der Waals surface area (Å²) in [5, 5.41) is 0. The van der Waals surface area contributed by atoms with Crippen molar-refractivity contribution in [1.29, 1.82) is 0 Å². The third-order valence-electron chi connectivity index (χ3n) is 2.15. The smallest absolute Gasteiger partial charge is 0.176 e. The molecule has 0 atom stereocenters. The highest BCUT2D eigenvalue weighted by Crippen LogP contribution is 2.07. The van der Waals surface area contributed by atoms with E-state index in [4.69, 9.17) is 9.47 Å². The number of rotatable bonds is 7. The van der Waals surface area contributed by atoms with Crippen LogP contribution >= 0.6 is 0 Å². The molecule has 0 fully saturated rings. The predicted octanol–water partition coefficient (Wildman–Crippen LogP) is 2.78. The van der Waals surface area contributed by atoms with Gasteiger partial charge in [-0.1, -0.05) is 0 Å². The minimum atomic E-state index is -0.510. The lowest BCUT2D eigenvalue weighted by Gasteiger charge is -2.14. The molecule has 1 aromatic rings. The minimum absolute atomic E-state index is 0.113. The molecule has 1 aromatic carbocycles. The van der Waals surface area contributed by atoms with E-state index in [1.807, 2.05) is 13.8 Å². The average molecular weight is 257 g/mol. The molecule has 0 radical (unpaired) electrons. The van der Waals surface area contributed by atoms with E-state index in [0.29, 0.717) is 13.2 Å². The van der Waals surface area contributed by atoms with Gasteiger partial charge in [-0.25, -0.2) is 8.78 Å². The molecule has 0 amide bonds. The zero-order valence-corrected chi connectivity index (χ0v) is 10.5. The summed E-state index contributed by atoms with van der Waals surface area (Å²) in [5.41, 5.74) is 0.113. The maximum atomic E-state index is 13.3. The summed E-state index contributed by atoms with van der Waals surface area (Å²) in [6.45, 7) is 4.96. The Kier molecular flexibility index (Phi) is 6.46. The van der Waals surface area contributed by atoms with Crippen molar-refractivity contribution in [2.75, 3.05) is 19.8 Å². The predicted molar refractivity (Wildman–Crippen MR) is 65.9 cm³/mol. The monoisotopic (exact) mass is 257 g/mol. The molecule has 0 N–H and O–H groups in total. The van der Waals surface area contributed by atoms with Crippen molar-refractivity contribution in [2.24, 2.45) is 4.99 Å². The van der Waals surface area contributed by atoms with Gasteiger partial charge < -0.3 is 9.47 Å². The molecular formula is C13H17F2NO2. The Labute approximate surface area is 105 Å². The minimum Gasteiger partial charge on any atom is -0.351 e. The van der Waals surface area contributed by atoms with Crippen molar-refractivity contribution >= 4 is 6.21 Å². The summed E-state index contributed by atoms with van der Waals surface area (Å²) < 4.78 is 36.7. The quantitative estimate of drug-likeness (QED) is 0.555. The summed E-state index contributed by atoms with van der Waals surface area (Å²) in [7, 11) is 0. The van der Waals surface area contributed by atoms with Gasteiger partial charge >= 0.3 is 0 Å². The van der Waals surface area contributed by atoms with Crippen molar-refractivity contribution in [2.45, 2.75) is 20.1 Å². The number of nitrogens with zero attached hydrogens (tertiary/aromatic N) is 1. The number of hydrogen-bond donors (Lipinski definition) is 0. The molecule has 0 saturated heterocycles. The molecule has 1 rings (SSSR count). The fraction of sp³-hybridized carbons (Fsp3) is 0.462. The van der Waals surface area contributed by atoms with Crippen LogP contribution in [0.5, 0.6) is 0 Å². The van der Waals surface area contributed by atoms with Gasteiger partial charge in [0.05, 0.1) is 6.54 Å².